The third-order valence-electron chi connectivity index (χ3n) is 2.66. The van der Waals surface area contributed by atoms with Crippen molar-refractivity contribution in [2.45, 2.75) is 6.92 Å². The van der Waals surface area contributed by atoms with Gasteiger partial charge in [0.1, 0.15) is 5.75 Å². The van der Waals surface area contributed by atoms with Gasteiger partial charge in [0.25, 0.3) is 5.91 Å². The van der Waals surface area contributed by atoms with Crippen molar-refractivity contribution in [1.82, 2.24) is 5.43 Å². The minimum absolute atomic E-state index is 0.259. The molecule has 4 nitrogen and oxygen atoms in total. The average Bonchev–Trinajstić information content (AvgIpc) is 2.85. The number of carbonyl (C=O) groups excluding carboxylic acids is 1. The van der Waals surface area contributed by atoms with Gasteiger partial charge < -0.3 is 4.74 Å². The van der Waals surface area contributed by atoms with E-state index in [1.807, 2.05) is 24.4 Å². The topological polar surface area (TPSA) is 50.7 Å². The quantitative estimate of drug-likeness (QED) is 0.486. The van der Waals surface area contributed by atoms with Crippen LogP contribution in [0.15, 0.2) is 34.7 Å². The van der Waals surface area contributed by atoms with E-state index >= 15 is 0 Å². The van der Waals surface area contributed by atoms with Crippen molar-refractivity contribution < 1.29 is 9.53 Å². The Morgan fingerprint density at radius 3 is 2.90 bits per heavy atom. The molecule has 0 fully saturated rings. The first-order valence-electron chi connectivity index (χ1n) is 5.83. The highest BCUT2D eigenvalue weighted by atomic mass is 127. The molecule has 0 aliphatic heterocycles. The van der Waals surface area contributed by atoms with Crippen LogP contribution in [0.2, 0.25) is 0 Å². The molecule has 1 aromatic heterocycles. The molecule has 1 heterocycles. The van der Waals surface area contributed by atoms with Gasteiger partial charge in [-0.05, 0) is 64.7 Å². The predicted octanol–water partition coefficient (Wildman–Crippen LogP) is 3.43. The third-order valence-corrected chi connectivity index (χ3v) is 4.51. The van der Waals surface area contributed by atoms with Crippen LogP contribution in [0.4, 0.5) is 0 Å². The zero-order valence-electron chi connectivity index (χ0n) is 11.0. The van der Waals surface area contributed by atoms with Crippen molar-refractivity contribution in [2.75, 3.05) is 7.11 Å². The monoisotopic (exact) mass is 400 g/mol. The zero-order valence-corrected chi connectivity index (χ0v) is 14.0. The van der Waals surface area contributed by atoms with Crippen molar-refractivity contribution in [1.29, 1.82) is 0 Å². The standard InChI is InChI=1S/C14H13IN2O2S/c1-9-5-6-20-13(9)8-16-17-14(18)10-3-4-11(15)12(7-10)19-2/h3-8H,1-2H3,(H,17,18)/b16-8+. The lowest BCUT2D eigenvalue weighted by molar-refractivity contribution is 0.0955. The Morgan fingerprint density at radius 1 is 1.45 bits per heavy atom. The molecule has 0 bridgehead atoms. The molecule has 0 atom stereocenters. The number of aryl methyl sites for hydroxylation is 1. The second-order valence-electron chi connectivity index (χ2n) is 4.02. The summed E-state index contributed by atoms with van der Waals surface area (Å²) in [5.74, 6) is 0.418. The highest BCUT2D eigenvalue weighted by molar-refractivity contribution is 14.1. The molecule has 0 unspecified atom stereocenters. The van der Waals surface area contributed by atoms with E-state index in [0.717, 1.165) is 14.0 Å². The van der Waals surface area contributed by atoms with Gasteiger partial charge in [-0.15, -0.1) is 11.3 Å². The third kappa shape index (κ3) is 3.57. The van der Waals surface area contributed by atoms with E-state index in [-0.39, 0.29) is 5.91 Å². The first kappa shape index (κ1) is 15.0. The zero-order chi connectivity index (χ0) is 14.5. The van der Waals surface area contributed by atoms with Crippen LogP contribution in [0.5, 0.6) is 5.75 Å². The summed E-state index contributed by atoms with van der Waals surface area (Å²) in [6.07, 6.45) is 1.65. The van der Waals surface area contributed by atoms with E-state index in [9.17, 15) is 4.79 Å². The molecule has 2 rings (SSSR count). The molecule has 20 heavy (non-hydrogen) atoms. The molecule has 0 saturated carbocycles. The number of amides is 1. The molecular formula is C14H13IN2O2S. The van der Waals surface area contributed by atoms with Crippen LogP contribution in [0, 0.1) is 10.5 Å². The van der Waals surface area contributed by atoms with Crippen molar-refractivity contribution in [3.05, 3.63) is 49.2 Å². The number of thiophene rings is 1. The van der Waals surface area contributed by atoms with Crippen LogP contribution in [0.25, 0.3) is 0 Å². The molecule has 0 aliphatic rings. The van der Waals surface area contributed by atoms with E-state index in [1.54, 1.807) is 36.8 Å². The number of nitrogens with one attached hydrogen (secondary N) is 1. The van der Waals surface area contributed by atoms with Gasteiger partial charge in [-0.2, -0.15) is 5.10 Å². The van der Waals surface area contributed by atoms with Crippen molar-refractivity contribution >= 4 is 46.0 Å². The number of carbonyl (C=O) groups is 1. The Bertz CT molecular complexity index is 652. The summed E-state index contributed by atoms with van der Waals surface area (Å²) in [6.45, 7) is 2.00. The number of ether oxygens (including phenoxy) is 1. The van der Waals surface area contributed by atoms with Crippen molar-refractivity contribution in [3.8, 4) is 5.75 Å². The maximum atomic E-state index is 12.0. The maximum absolute atomic E-state index is 12.0. The number of hydrogen-bond donors (Lipinski definition) is 1. The summed E-state index contributed by atoms with van der Waals surface area (Å²) in [4.78, 5) is 13.0. The lowest BCUT2D eigenvalue weighted by Crippen LogP contribution is -2.17. The lowest BCUT2D eigenvalue weighted by Gasteiger charge is -2.05. The van der Waals surface area contributed by atoms with Gasteiger partial charge in [0, 0.05) is 10.4 Å². The fraction of sp³-hybridized carbons (Fsp3) is 0.143. The van der Waals surface area contributed by atoms with E-state index in [2.05, 4.69) is 33.1 Å². The Morgan fingerprint density at radius 2 is 2.25 bits per heavy atom. The Hall–Kier alpha value is -1.41. The Kier molecular flexibility index (Phi) is 5.13. The van der Waals surface area contributed by atoms with Crippen molar-refractivity contribution in [3.63, 3.8) is 0 Å². The molecule has 0 radical (unpaired) electrons. The molecule has 1 amide bonds. The second-order valence-corrected chi connectivity index (χ2v) is 6.13. The first-order valence-corrected chi connectivity index (χ1v) is 7.78. The molecule has 0 spiro atoms. The van der Waals surface area contributed by atoms with Gasteiger partial charge in [0.15, 0.2) is 0 Å². The maximum Gasteiger partial charge on any atom is 0.271 e. The number of halogens is 1. The normalized spacial score (nSPS) is 10.8. The molecule has 2 aromatic rings. The molecule has 0 aliphatic carbocycles. The first-order chi connectivity index (χ1) is 9.61. The van der Waals surface area contributed by atoms with Crippen LogP contribution < -0.4 is 10.2 Å². The number of methoxy groups -OCH3 is 1. The van der Waals surface area contributed by atoms with Gasteiger partial charge >= 0.3 is 0 Å². The fourth-order valence-electron chi connectivity index (χ4n) is 1.53. The van der Waals surface area contributed by atoms with Gasteiger partial charge in [0.05, 0.1) is 16.9 Å². The van der Waals surface area contributed by atoms with Gasteiger partial charge in [-0.25, -0.2) is 5.43 Å². The summed E-state index contributed by atoms with van der Waals surface area (Å²) in [6, 6.07) is 7.29. The summed E-state index contributed by atoms with van der Waals surface area (Å²) >= 11 is 3.74. The average molecular weight is 400 g/mol. The summed E-state index contributed by atoms with van der Waals surface area (Å²) in [5, 5.41) is 5.96. The molecule has 0 saturated heterocycles. The highest BCUT2D eigenvalue weighted by Crippen LogP contribution is 2.21. The van der Waals surface area contributed by atoms with Crippen LogP contribution in [0.3, 0.4) is 0 Å². The molecule has 6 heteroatoms. The summed E-state index contributed by atoms with van der Waals surface area (Å²) in [5.41, 5.74) is 4.17. The summed E-state index contributed by atoms with van der Waals surface area (Å²) < 4.78 is 6.15. The number of rotatable bonds is 4. The smallest absolute Gasteiger partial charge is 0.271 e. The van der Waals surface area contributed by atoms with Crippen LogP contribution in [-0.2, 0) is 0 Å². The highest BCUT2D eigenvalue weighted by Gasteiger charge is 2.08. The van der Waals surface area contributed by atoms with Crippen molar-refractivity contribution in [2.24, 2.45) is 5.10 Å². The number of nitrogens with zero attached hydrogens (tertiary/aromatic N) is 1. The summed E-state index contributed by atoms with van der Waals surface area (Å²) in [7, 11) is 1.58. The fourth-order valence-corrected chi connectivity index (χ4v) is 2.87. The van der Waals surface area contributed by atoms with Crippen LogP contribution in [-0.4, -0.2) is 19.2 Å². The van der Waals surface area contributed by atoms with E-state index < -0.39 is 0 Å². The van der Waals surface area contributed by atoms with Gasteiger partial charge in [-0.3, -0.25) is 4.79 Å². The molecular weight excluding hydrogens is 387 g/mol. The van der Waals surface area contributed by atoms with Gasteiger partial charge in [-0.1, -0.05) is 0 Å². The second kappa shape index (κ2) is 6.85. The Balaban J connectivity index is 2.05. The minimum Gasteiger partial charge on any atom is -0.496 e. The molecule has 1 N–H and O–H groups in total. The van der Waals surface area contributed by atoms with Crippen LogP contribution in [0.1, 0.15) is 20.8 Å². The minimum atomic E-state index is -0.259. The van der Waals surface area contributed by atoms with Crippen LogP contribution >= 0.6 is 33.9 Å². The lowest BCUT2D eigenvalue weighted by atomic mass is 10.2. The van der Waals surface area contributed by atoms with E-state index in [4.69, 9.17) is 4.74 Å². The number of benzene rings is 1. The molecule has 1 aromatic carbocycles. The number of hydrogen-bond acceptors (Lipinski definition) is 4. The largest absolute Gasteiger partial charge is 0.496 e. The van der Waals surface area contributed by atoms with E-state index in [0.29, 0.717) is 11.3 Å². The predicted molar refractivity (Wildman–Crippen MR) is 89.8 cm³/mol. The number of hydrazone groups is 1. The van der Waals surface area contributed by atoms with Gasteiger partial charge in [0.2, 0.25) is 0 Å². The van der Waals surface area contributed by atoms with E-state index in [1.165, 1.54) is 0 Å². The molecule has 104 valence electrons. The Labute approximate surface area is 135 Å². The SMILES string of the molecule is COc1cc(C(=O)N/N=C/c2sccc2C)ccc1I.